The molecule has 4 rings (SSSR count). The summed E-state index contributed by atoms with van der Waals surface area (Å²) >= 11 is 1.35. The lowest BCUT2D eigenvalue weighted by Gasteiger charge is -2.15. The lowest BCUT2D eigenvalue weighted by Crippen LogP contribution is -2.14. The van der Waals surface area contributed by atoms with Gasteiger partial charge < -0.3 is 5.11 Å². The first kappa shape index (κ1) is 17.6. The monoisotopic (exact) mass is 396 g/mol. The molecule has 0 aliphatic carbocycles. The predicted molar refractivity (Wildman–Crippen MR) is 110 cm³/mol. The van der Waals surface area contributed by atoms with Crippen LogP contribution < -0.4 is 4.72 Å². The van der Waals surface area contributed by atoms with E-state index in [1.165, 1.54) is 17.8 Å². The van der Waals surface area contributed by atoms with Crippen LogP contribution in [0.25, 0.3) is 21.7 Å². The van der Waals surface area contributed by atoms with Crippen LogP contribution in [0.1, 0.15) is 0 Å². The van der Waals surface area contributed by atoms with E-state index < -0.39 is 10.0 Å². The number of pyridine rings is 1. The summed E-state index contributed by atoms with van der Waals surface area (Å²) in [5, 5.41) is 12.4. The molecule has 0 fully saturated rings. The Hall–Kier alpha value is -2.77. The maximum atomic E-state index is 13.1. The maximum Gasteiger partial charge on any atom is 0.264 e. The van der Waals surface area contributed by atoms with E-state index in [9.17, 15) is 13.5 Å². The van der Waals surface area contributed by atoms with E-state index in [0.717, 1.165) is 5.39 Å². The molecular weight excluding hydrogens is 380 g/mol. The third kappa shape index (κ3) is 3.09. The molecule has 4 aromatic rings. The van der Waals surface area contributed by atoms with Crippen LogP contribution in [0.2, 0.25) is 0 Å². The Morgan fingerprint density at radius 3 is 2.52 bits per heavy atom. The van der Waals surface area contributed by atoms with Gasteiger partial charge in [0.25, 0.3) is 10.0 Å². The molecular formula is C20H16N2O3S2. The fourth-order valence-electron chi connectivity index (χ4n) is 3.07. The minimum Gasteiger partial charge on any atom is -0.506 e. The van der Waals surface area contributed by atoms with Gasteiger partial charge in [0.05, 0.1) is 16.1 Å². The topological polar surface area (TPSA) is 79.3 Å². The fraction of sp³-hybridized carbons (Fsp3) is 0.0500. The standard InChI is InChI=1S/C20H16N2O3S2/c1-26-17-12-16(14-8-2-3-9-15(14)20(17)23)22-27(24,25)18-10-4-6-13-7-5-11-21-19(13)18/h2-12,22-23H,1H3. The van der Waals surface area contributed by atoms with Crippen LogP contribution in [-0.4, -0.2) is 24.8 Å². The summed E-state index contributed by atoms with van der Waals surface area (Å²) in [5.41, 5.74) is 0.835. The Labute approximate surface area is 161 Å². The molecule has 3 aromatic carbocycles. The number of fused-ring (bicyclic) bond motifs is 2. The average molecular weight is 396 g/mol. The quantitative estimate of drug-likeness (QED) is 0.389. The molecule has 0 amide bonds. The van der Waals surface area contributed by atoms with Crippen molar-refractivity contribution < 1.29 is 13.5 Å². The molecule has 0 aliphatic rings. The van der Waals surface area contributed by atoms with Crippen molar-refractivity contribution >= 4 is 49.1 Å². The van der Waals surface area contributed by atoms with Crippen LogP contribution in [0.4, 0.5) is 5.69 Å². The number of nitrogens with zero attached hydrogens (tertiary/aromatic N) is 1. The summed E-state index contributed by atoms with van der Waals surface area (Å²) in [6.07, 6.45) is 3.40. The number of sulfonamides is 1. The zero-order chi connectivity index (χ0) is 19.0. The number of phenolic OH excluding ortho intramolecular Hbond substituents is 1. The molecule has 0 atom stereocenters. The summed E-state index contributed by atoms with van der Waals surface area (Å²) in [6.45, 7) is 0. The van der Waals surface area contributed by atoms with E-state index >= 15 is 0 Å². The van der Waals surface area contributed by atoms with Gasteiger partial charge in [-0.15, -0.1) is 11.8 Å². The van der Waals surface area contributed by atoms with Crippen molar-refractivity contribution in [3.05, 3.63) is 66.9 Å². The van der Waals surface area contributed by atoms with Crippen LogP contribution >= 0.6 is 11.8 Å². The Kier molecular flexibility index (Phi) is 4.41. The summed E-state index contributed by atoms with van der Waals surface area (Å²) in [5.74, 6) is 0.146. The van der Waals surface area contributed by atoms with Gasteiger partial charge in [-0.1, -0.05) is 42.5 Å². The summed E-state index contributed by atoms with van der Waals surface area (Å²) in [6, 6.07) is 17.4. The van der Waals surface area contributed by atoms with E-state index in [4.69, 9.17) is 0 Å². The molecule has 0 saturated carbocycles. The second-order valence-corrected chi connectivity index (χ2v) is 8.46. The largest absolute Gasteiger partial charge is 0.506 e. The second-order valence-electron chi connectivity index (χ2n) is 5.96. The minimum atomic E-state index is -3.87. The lowest BCUT2D eigenvalue weighted by molar-refractivity contribution is 0.469. The Morgan fingerprint density at radius 1 is 1.00 bits per heavy atom. The van der Waals surface area contributed by atoms with Crippen molar-refractivity contribution in [3.8, 4) is 5.75 Å². The van der Waals surface area contributed by atoms with Crippen molar-refractivity contribution in [3.63, 3.8) is 0 Å². The van der Waals surface area contributed by atoms with E-state index in [0.29, 0.717) is 26.9 Å². The lowest BCUT2D eigenvalue weighted by atomic mass is 10.1. The van der Waals surface area contributed by atoms with Gasteiger partial charge in [-0.25, -0.2) is 8.42 Å². The highest BCUT2D eigenvalue weighted by atomic mass is 32.2. The van der Waals surface area contributed by atoms with Crippen molar-refractivity contribution in [2.45, 2.75) is 9.79 Å². The average Bonchev–Trinajstić information content (AvgIpc) is 2.69. The normalized spacial score (nSPS) is 11.7. The molecule has 0 saturated heterocycles. The number of anilines is 1. The zero-order valence-corrected chi connectivity index (χ0v) is 16.0. The number of aromatic hydroxyl groups is 1. The number of benzene rings is 3. The Morgan fingerprint density at radius 2 is 1.74 bits per heavy atom. The number of hydrogen-bond acceptors (Lipinski definition) is 5. The minimum absolute atomic E-state index is 0.114. The van der Waals surface area contributed by atoms with Crippen LogP contribution in [-0.2, 0) is 10.0 Å². The van der Waals surface area contributed by atoms with E-state index in [-0.39, 0.29) is 10.6 Å². The molecule has 0 bridgehead atoms. The highest BCUT2D eigenvalue weighted by Crippen LogP contribution is 2.39. The van der Waals surface area contributed by atoms with Gasteiger partial charge >= 0.3 is 0 Å². The zero-order valence-electron chi connectivity index (χ0n) is 14.4. The van der Waals surface area contributed by atoms with Crippen molar-refractivity contribution in [2.75, 3.05) is 11.0 Å². The highest BCUT2D eigenvalue weighted by molar-refractivity contribution is 7.98. The molecule has 0 aliphatic heterocycles. The van der Waals surface area contributed by atoms with Crippen LogP contribution in [0, 0.1) is 0 Å². The van der Waals surface area contributed by atoms with Crippen molar-refractivity contribution in [2.24, 2.45) is 0 Å². The first-order chi connectivity index (χ1) is 13.0. The first-order valence-corrected chi connectivity index (χ1v) is 10.9. The van der Waals surface area contributed by atoms with Crippen LogP contribution in [0.15, 0.2) is 76.7 Å². The van der Waals surface area contributed by atoms with Crippen molar-refractivity contribution in [1.29, 1.82) is 0 Å². The van der Waals surface area contributed by atoms with Gasteiger partial charge in [-0.05, 0) is 24.5 Å². The number of nitrogens with one attached hydrogen (secondary N) is 1. The number of aromatic nitrogens is 1. The van der Waals surface area contributed by atoms with E-state index in [1.807, 2.05) is 18.4 Å². The smallest absolute Gasteiger partial charge is 0.264 e. The second kappa shape index (κ2) is 6.75. The molecule has 7 heteroatoms. The molecule has 27 heavy (non-hydrogen) atoms. The van der Waals surface area contributed by atoms with E-state index in [2.05, 4.69) is 9.71 Å². The van der Waals surface area contributed by atoms with E-state index in [1.54, 1.807) is 48.7 Å². The van der Waals surface area contributed by atoms with Gasteiger partial charge in [-0.2, -0.15) is 0 Å². The molecule has 0 unspecified atom stereocenters. The summed E-state index contributed by atoms with van der Waals surface area (Å²) in [4.78, 5) is 4.95. The third-order valence-electron chi connectivity index (χ3n) is 4.33. The van der Waals surface area contributed by atoms with Crippen LogP contribution in [0.3, 0.4) is 0 Å². The third-order valence-corrected chi connectivity index (χ3v) is 6.48. The molecule has 136 valence electrons. The number of thioether (sulfide) groups is 1. The number of rotatable bonds is 4. The molecule has 2 N–H and O–H groups in total. The molecule has 0 spiro atoms. The molecule has 0 radical (unpaired) electrons. The van der Waals surface area contributed by atoms with Gasteiger partial charge in [0.15, 0.2) is 0 Å². The Bertz CT molecular complexity index is 1270. The van der Waals surface area contributed by atoms with Gasteiger partial charge in [0.2, 0.25) is 0 Å². The summed E-state index contributed by atoms with van der Waals surface area (Å²) in [7, 11) is -3.87. The van der Waals surface area contributed by atoms with Gasteiger partial charge in [-0.3, -0.25) is 9.71 Å². The maximum absolute atomic E-state index is 13.1. The van der Waals surface area contributed by atoms with Gasteiger partial charge in [0, 0.05) is 22.4 Å². The molecule has 5 nitrogen and oxygen atoms in total. The SMILES string of the molecule is CSc1cc(NS(=O)(=O)c2cccc3cccnc23)c2ccccc2c1O. The first-order valence-electron chi connectivity index (χ1n) is 8.16. The number of phenols is 1. The van der Waals surface area contributed by atoms with Crippen molar-refractivity contribution in [1.82, 2.24) is 4.98 Å². The number of hydrogen-bond donors (Lipinski definition) is 2. The summed E-state index contributed by atoms with van der Waals surface area (Å²) < 4.78 is 28.9. The highest BCUT2D eigenvalue weighted by Gasteiger charge is 2.20. The number of para-hydroxylation sites is 1. The Balaban J connectivity index is 1.90. The molecule has 1 aromatic heterocycles. The van der Waals surface area contributed by atoms with Crippen LogP contribution in [0.5, 0.6) is 5.75 Å². The molecule has 1 heterocycles. The van der Waals surface area contributed by atoms with Gasteiger partial charge in [0.1, 0.15) is 10.6 Å². The predicted octanol–water partition coefficient (Wildman–Crippen LogP) is 4.62. The fourth-order valence-corrected chi connectivity index (χ4v) is 4.86.